The molecule has 11 rings (SSSR count). The SMILES string of the molecule is Cc1cc2c3c(c1)N(c1ccc(C(C)(C)C)cc1C1=CCCC=C1)c1c(ccc4c1OCCCO4)B3c1cc3c(cc1N2c1ccc2c(c1)CC(C)(C)C2)CC(C)(C)C3. The van der Waals surface area contributed by atoms with Crippen LogP contribution >= 0.6 is 0 Å². The second-order valence-electron chi connectivity index (χ2n) is 21.0. The van der Waals surface area contributed by atoms with E-state index in [2.05, 4.69) is 156 Å². The Balaban J connectivity index is 1.23. The van der Waals surface area contributed by atoms with Gasteiger partial charge in [-0.05, 0) is 166 Å². The van der Waals surface area contributed by atoms with E-state index in [1.165, 1.54) is 89.3 Å². The molecule has 5 aromatic carbocycles. The Kier molecular flexibility index (Phi) is 8.08. The molecule has 0 spiro atoms. The minimum Gasteiger partial charge on any atom is -0.489 e. The maximum atomic E-state index is 6.88. The molecule has 0 bridgehead atoms. The number of ether oxygens (including phenoxy) is 2. The van der Waals surface area contributed by atoms with Gasteiger partial charge in [0.15, 0.2) is 11.5 Å². The van der Waals surface area contributed by atoms with E-state index in [9.17, 15) is 0 Å². The molecule has 3 heterocycles. The van der Waals surface area contributed by atoms with Crippen LogP contribution < -0.4 is 35.7 Å². The van der Waals surface area contributed by atoms with Crippen LogP contribution in [-0.2, 0) is 31.1 Å². The summed E-state index contributed by atoms with van der Waals surface area (Å²) >= 11 is 0. The van der Waals surface area contributed by atoms with Gasteiger partial charge in [-0.1, -0.05) is 91.0 Å². The Labute approximate surface area is 352 Å². The zero-order valence-corrected chi connectivity index (χ0v) is 36.3. The number of benzene rings is 5. The molecule has 59 heavy (non-hydrogen) atoms. The van der Waals surface area contributed by atoms with E-state index < -0.39 is 0 Å². The van der Waals surface area contributed by atoms with Gasteiger partial charge in [0, 0.05) is 34.7 Å². The first kappa shape index (κ1) is 36.9. The van der Waals surface area contributed by atoms with E-state index in [4.69, 9.17) is 9.47 Å². The third-order valence-electron chi connectivity index (χ3n) is 13.9. The number of rotatable bonds is 3. The van der Waals surface area contributed by atoms with Gasteiger partial charge in [0.1, 0.15) is 0 Å². The van der Waals surface area contributed by atoms with Gasteiger partial charge >= 0.3 is 0 Å². The molecule has 5 heteroatoms. The summed E-state index contributed by atoms with van der Waals surface area (Å²) in [5.74, 6) is 1.70. The number of fused-ring (bicyclic) bond motifs is 8. The molecule has 0 aromatic heterocycles. The molecule has 0 saturated carbocycles. The minimum absolute atomic E-state index is 0.00222. The number of hydrogen-bond donors (Lipinski definition) is 0. The van der Waals surface area contributed by atoms with Crippen LogP contribution in [0, 0.1) is 17.8 Å². The summed E-state index contributed by atoms with van der Waals surface area (Å²) in [5.41, 5.74) is 23.0. The zero-order valence-electron chi connectivity index (χ0n) is 36.3. The summed E-state index contributed by atoms with van der Waals surface area (Å²) in [6, 6.07) is 29.2. The highest BCUT2D eigenvalue weighted by atomic mass is 16.5. The van der Waals surface area contributed by atoms with Crippen LogP contribution in [0.4, 0.5) is 34.1 Å². The van der Waals surface area contributed by atoms with Gasteiger partial charge < -0.3 is 19.3 Å². The third-order valence-corrected chi connectivity index (χ3v) is 13.9. The normalized spacial score (nSPS) is 19.1. The molecular weight excluding hydrogens is 719 g/mol. The van der Waals surface area contributed by atoms with Crippen LogP contribution in [0.15, 0.2) is 91.0 Å². The fraction of sp³-hybridized carbons (Fsp3) is 0.370. The van der Waals surface area contributed by atoms with Gasteiger partial charge in [0.25, 0.3) is 6.71 Å². The van der Waals surface area contributed by atoms with Crippen molar-refractivity contribution >= 4 is 62.8 Å². The van der Waals surface area contributed by atoms with Crippen LogP contribution in [0.2, 0.25) is 0 Å². The molecule has 0 amide bonds. The van der Waals surface area contributed by atoms with Crippen molar-refractivity contribution in [1.29, 1.82) is 0 Å². The van der Waals surface area contributed by atoms with E-state index in [0.29, 0.717) is 13.2 Å². The smallest absolute Gasteiger partial charge is 0.252 e. The van der Waals surface area contributed by atoms with Gasteiger partial charge in [0.2, 0.25) is 0 Å². The van der Waals surface area contributed by atoms with E-state index in [1.807, 2.05) is 0 Å². The second-order valence-corrected chi connectivity index (χ2v) is 21.0. The number of hydrogen-bond acceptors (Lipinski definition) is 4. The number of anilines is 6. The fourth-order valence-electron chi connectivity index (χ4n) is 11.3. The van der Waals surface area contributed by atoms with Crippen molar-refractivity contribution in [1.82, 2.24) is 0 Å². The standard InChI is InChI=1S/C54H57BN2O2/c1-33-23-46-49-47(24-33)57(44-19-16-39(52(2,3)4)28-41(44)34-13-10-9-11-14-34)50-42(18-20-48-51(50)59-22-12-21-58-48)55(49)43-26-37-31-54(7,8)32-38(37)27-45(43)56(46)40-17-15-35-29-53(5,6)30-36(35)25-40/h10,13-20,23-28H,9,11-12,21-22,29-32H2,1-8H3. The average Bonchev–Trinajstić information content (AvgIpc) is 3.54. The minimum atomic E-state index is -0.00222. The fourth-order valence-corrected chi connectivity index (χ4v) is 11.3. The maximum absolute atomic E-state index is 6.88. The van der Waals surface area contributed by atoms with Gasteiger partial charge in [-0.2, -0.15) is 0 Å². The van der Waals surface area contributed by atoms with E-state index >= 15 is 0 Å². The lowest BCUT2D eigenvalue weighted by Crippen LogP contribution is -2.61. The molecule has 6 aliphatic rings. The Morgan fingerprint density at radius 1 is 0.644 bits per heavy atom. The average molecular weight is 777 g/mol. The molecule has 298 valence electrons. The Morgan fingerprint density at radius 2 is 1.36 bits per heavy atom. The van der Waals surface area contributed by atoms with Gasteiger partial charge in [-0.25, -0.2) is 0 Å². The van der Waals surface area contributed by atoms with E-state index in [-0.39, 0.29) is 23.0 Å². The molecular formula is C54H57BN2O2. The van der Waals surface area contributed by atoms with E-state index in [1.54, 1.807) is 0 Å². The largest absolute Gasteiger partial charge is 0.489 e. The van der Waals surface area contributed by atoms with Crippen LogP contribution in [-0.4, -0.2) is 19.9 Å². The molecule has 3 aliphatic heterocycles. The quantitative estimate of drug-likeness (QED) is 0.167. The van der Waals surface area contributed by atoms with Crippen LogP contribution in [0.1, 0.15) is 107 Å². The van der Waals surface area contributed by atoms with Crippen molar-refractivity contribution in [2.75, 3.05) is 23.0 Å². The van der Waals surface area contributed by atoms with Crippen molar-refractivity contribution in [2.45, 2.75) is 106 Å². The molecule has 3 aliphatic carbocycles. The molecule has 0 unspecified atom stereocenters. The molecule has 0 fully saturated rings. The highest BCUT2D eigenvalue weighted by molar-refractivity contribution is 7.00. The number of aryl methyl sites for hydroxylation is 1. The number of nitrogens with zero attached hydrogens (tertiary/aromatic N) is 2. The maximum Gasteiger partial charge on any atom is 0.252 e. The van der Waals surface area contributed by atoms with Crippen LogP contribution in [0.25, 0.3) is 5.57 Å². The van der Waals surface area contributed by atoms with Crippen molar-refractivity contribution in [2.24, 2.45) is 10.8 Å². The molecule has 4 nitrogen and oxygen atoms in total. The summed E-state index contributed by atoms with van der Waals surface area (Å²) in [6.07, 6.45) is 14.5. The molecule has 5 aromatic rings. The molecule has 0 radical (unpaired) electrons. The second kappa shape index (κ2) is 12.9. The first-order valence-electron chi connectivity index (χ1n) is 22.2. The van der Waals surface area contributed by atoms with E-state index in [0.717, 1.165) is 62.1 Å². The van der Waals surface area contributed by atoms with Gasteiger partial charge in [0.05, 0.1) is 24.6 Å². The summed E-state index contributed by atoms with van der Waals surface area (Å²) < 4.78 is 13.4. The topological polar surface area (TPSA) is 24.9 Å². The summed E-state index contributed by atoms with van der Waals surface area (Å²) in [4.78, 5) is 5.21. The molecule has 0 saturated heterocycles. The predicted molar refractivity (Wildman–Crippen MR) is 248 cm³/mol. The predicted octanol–water partition coefficient (Wildman–Crippen LogP) is 11.5. The highest BCUT2D eigenvalue weighted by Gasteiger charge is 2.47. The first-order chi connectivity index (χ1) is 28.2. The third kappa shape index (κ3) is 5.93. The van der Waals surface area contributed by atoms with Crippen LogP contribution in [0.5, 0.6) is 11.5 Å². The monoisotopic (exact) mass is 776 g/mol. The van der Waals surface area contributed by atoms with Crippen molar-refractivity contribution in [3.05, 3.63) is 130 Å². The van der Waals surface area contributed by atoms with Crippen LogP contribution in [0.3, 0.4) is 0 Å². The lowest BCUT2D eigenvalue weighted by molar-refractivity contribution is 0.297. The van der Waals surface area contributed by atoms with Gasteiger partial charge in [-0.3, -0.25) is 0 Å². The van der Waals surface area contributed by atoms with Crippen molar-refractivity contribution in [3.63, 3.8) is 0 Å². The Morgan fingerprint density at radius 3 is 2.10 bits per heavy atom. The summed E-state index contributed by atoms with van der Waals surface area (Å²) in [6.45, 7) is 20.2. The summed E-state index contributed by atoms with van der Waals surface area (Å²) in [5, 5.41) is 0. The van der Waals surface area contributed by atoms with Crippen molar-refractivity contribution < 1.29 is 9.47 Å². The lowest BCUT2D eigenvalue weighted by atomic mass is 9.33. The molecule has 0 N–H and O–H groups in total. The van der Waals surface area contributed by atoms with Gasteiger partial charge in [-0.15, -0.1) is 0 Å². The number of allylic oxidation sites excluding steroid dienone is 4. The first-order valence-corrected chi connectivity index (χ1v) is 22.2. The highest BCUT2D eigenvalue weighted by Crippen LogP contribution is 2.53. The Hall–Kier alpha value is -5.16. The summed E-state index contributed by atoms with van der Waals surface area (Å²) in [7, 11) is 0. The van der Waals surface area contributed by atoms with Crippen molar-refractivity contribution in [3.8, 4) is 11.5 Å². The zero-order chi connectivity index (χ0) is 40.6. The Bertz CT molecular complexity index is 2670. The lowest BCUT2D eigenvalue weighted by Gasteiger charge is -2.45. The molecule has 0 atom stereocenters.